The Morgan fingerprint density at radius 1 is 1.14 bits per heavy atom. The lowest BCUT2D eigenvalue weighted by Crippen LogP contribution is -2.06. The molecule has 0 amide bonds. The number of nitrogens with one attached hydrogen (secondary N) is 2. The van der Waals surface area contributed by atoms with Gasteiger partial charge in [-0.15, -0.1) is 0 Å². The minimum Gasteiger partial charge on any atom is -0.491 e. The van der Waals surface area contributed by atoms with Gasteiger partial charge in [-0.3, -0.25) is 0 Å². The van der Waals surface area contributed by atoms with Crippen LogP contribution in [0.3, 0.4) is 0 Å². The van der Waals surface area contributed by atoms with Crippen molar-refractivity contribution in [2.24, 2.45) is 0 Å². The second-order valence-electron chi connectivity index (χ2n) is 5.01. The number of aromatic nitrogens is 2. The van der Waals surface area contributed by atoms with Gasteiger partial charge >= 0.3 is 0 Å². The summed E-state index contributed by atoms with van der Waals surface area (Å²) in [6.07, 6.45) is 2.96. The fraction of sp³-hybridized carbons (Fsp3) is 0.375. The Kier molecular flexibility index (Phi) is 5.37. The summed E-state index contributed by atoms with van der Waals surface area (Å²) in [5, 5.41) is 6.42. The van der Waals surface area contributed by atoms with Crippen molar-refractivity contribution >= 4 is 17.5 Å². The standard InChI is InChI=1S/C16H22N4O/c1-4-10-17-16-18-11-9-15(20-16)19-13-5-7-14(8-6-13)21-12(2)3/h5-9,11-12H,4,10H2,1-3H3,(H2,17,18,19,20). The topological polar surface area (TPSA) is 59.1 Å². The normalized spacial score (nSPS) is 10.5. The molecule has 0 aliphatic carbocycles. The lowest BCUT2D eigenvalue weighted by Gasteiger charge is -2.11. The molecular formula is C16H22N4O. The number of benzene rings is 1. The SMILES string of the molecule is CCCNc1nccc(Nc2ccc(OC(C)C)cc2)n1. The molecule has 0 spiro atoms. The van der Waals surface area contributed by atoms with Crippen LogP contribution in [0.5, 0.6) is 5.75 Å². The first kappa shape index (κ1) is 15.1. The fourth-order valence-corrected chi connectivity index (χ4v) is 1.79. The third-order valence-electron chi connectivity index (χ3n) is 2.69. The molecule has 112 valence electrons. The number of hydrogen-bond donors (Lipinski definition) is 2. The fourth-order valence-electron chi connectivity index (χ4n) is 1.79. The molecule has 0 radical (unpaired) electrons. The first-order valence-corrected chi connectivity index (χ1v) is 7.28. The Morgan fingerprint density at radius 2 is 1.90 bits per heavy atom. The molecule has 2 N–H and O–H groups in total. The molecule has 5 heteroatoms. The van der Waals surface area contributed by atoms with Gasteiger partial charge in [0.25, 0.3) is 0 Å². The van der Waals surface area contributed by atoms with Crippen LogP contribution in [0.4, 0.5) is 17.5 Å². The van der Waals surface area contributed by atoms with Crippen molar-refractivity contribution < 1.29 is 4.74 Å². The second-order valence-corrected chi connectivity index (χ2v) is 5.01. The summed E-state index contributed by atoms with van der Waals surface area (Å²) in [6.45, 7) is 7.00. The van der Waals surface area contributed by atoms with Gasteiger partial charge in [-0.1, -0.05) is 6.92 Å². The van der Waals surface area contributed by atoms with Crippen molar-refractivity contribution in [2.75, 3.05) is 17.2 Å². The van der Waals surface area contributed by atoms with Crippen LogP contribution in [0.15, 0.2) is 36.5 Å². The van der Waals surface area contributed by atoms with Crippen LogP contribution in [0.1, 0.15) is 27.2 Å². The predicted molar refractivity (Wildman–Crippen MR) is 86.3 cm³/mol. The van der Waals surface area contributed by atoms with E-state index in [-0.39, 0.29) is 6.10 Å². The molecule has 0 fully saturated rings. The Labute approximate surface area is 125 Å². The zero-order valence-electron chi connectivity index (χ0n) is 12.8. The van der Waals surface area contributed by atoms with Gasteiger partial charge in [0.2, 0.25) is 5.95 Å². The van der Waals surface area contributed by atoms with Crippen molar-refractivity contribution in [3.05, 3.63) is 36.5 Å². The van der Waals surface area contributed by atoms with E-state index < -0.39 is 0 Å². The summed E-state index contributed by atoms with van der Waals surface area (Å²) in [5.41, 5.74) is 0.964. The van der Waals surface area contributed by atoms with Crippen LogP contribution in [-0.4, -0.2) is 22.6 Å². The smallest absolute Gasteiger partial charge is 0.224 e. The van der Waals surface area contributed by atoms with Gasteiger partial charge in [0.05, 0.1) is 6.10 Å². The van der Waals surface area contributed by atoms with Crippen molar-refractivity contribution in [3.63, 3.8) is 0 Å². The first-order chi connectivity index (χ1) is 10.2. The molecule has 2 aromatic rings. The minimum atomic E-state index is 0.179. The molecule has 0 unspecified atom stereocenters. The number of anilines is 3. The van der Waals surface area contributed by atoms with E-state index in [1.807, 2.05) is 44.2 Å². The van der Waals surface area contributed by atoms with Gasteiger partial charge in [-0.2, -0.15) is 4.98 Å². The quantitative estimate of drug-likeness (QED) is 0.810. The van der Waals surface area contributed by atoms with E-state index in [2.05, 4.69) is 27.5 Å². The van der Waals surface area contributed by atoms with Crippen LogP contribution in [0.25, 0.3) is 0 Å². The molecule has 5 nitrogen and oxygen atoms in total. The molecule has 0 saturated carbocycles. The van der Waals surface area contributed by atoms with E-state index in [1.165, 1.54) is 0 Å². The number of rotatable bonds is 7. The predicted octanol–water partition coefficient (Wildman–Crippen LogP) is 3.83. The maximum absolute atomic E-state index is 5.62. The molecule has 0 bridgehead atoms. The van der Waals surface area contributed by atoms with Crippen molar-refractivity contribution in [1.82, 2.24) is 9.97 Å². The largest absolute Gasteiger partial charge is 0.491 e. The Hall–Kier alpha value is -2.30. The van der Waals surface area contributed by atoms with Crippen LogP contribution in [-0.2, 0) is 0 Å². The van der Waals surface area contributed by atoms with E-state index in [1.54, 1.807) is 6.20 Å². The number of nitrogens with zero attached hydrogens (tertiary/aromatic N) is 2. The monoisotopic (exact) mass is 286 g/mol. The first-order valence-electron chi connectivity index (χ1n) is 7.28. The Balaban J connectivity index is 2.00. The van der Waals surface area contributed by atoms with Crippen molar-refractivity contribution in [3.8, 4) is 5.75 Å². The highest BCUT2D eigenvalue weighted by atomic mass is 16.5. The van der Waals surface area contributed by atoms with Gasteiger partial charge in [0, 0.05) is 18.4 Å². The highest BCUT2D eigenvalue weighted by Gasteiger charge is 2.01. The summed E-state index contributed by atoms with van der Waals surface area (Å²) in [5.74, 6) is 2.27. The van der Waals surface area contributed by atoms with Crippen LogP contribution in [0, 0.1) is 0 Å². The van der Waals surface area contributed by atoms with Crippen LogP contribution >= 0.6 is 0 Å². The zero-order valence-corrected chi connectivity index (χ0v) is 12.8. The van der Waals surface area contributed by atoms with Gasteiger partial charge in [0.1, 0.15) is 11.6 Å². The van der Waals surface area contributed by atoms with E-state index in [9.17, 15) is 0 Å². The van der Waals surface area contributed by atoms with E-state index in [4.69, 9.17) is 4.74 Å². The van der Waals surface area contributed by atoms with Crippen LogP contribution < -0.4 is 15.4 Å². The molecule has 1 heterocycles. The summed E-state index contributed by atoms with van der Waals surface area (Å²) in [4.78, 5) is 8.59. The molecule has 0 saturated heterocycles. The average molecular weight is 286 g/mol. The molecular weight excluding hydrogens is 264 g/mol. The van der Waals surface area contributed by atoms with E-state index in [0.717, 1.165) is 30.2 Å². The minimum absolute atomic E-state index is 0.179. The highest BCUT2D eigenvalue weighted by molar-refractivity contribution is 5.57. The average Bonchev–Trinajstić information content (AvgIpc) is 2.47. The van der Waals surface area contributed by atoms with Gasteiger partial charge in [-0.05, 0) is 50.6 Å². The molecule has 1 aromatic heterocycles. The summed E-state index contributed by atoms with van der Waals surface area (Å²) in [7, 11) is 0. The zero-order chi connectivity index (χ0) is 15.1. The van der Waals surface area contributed by atoms with Gasteiger partial charge in [-0.25, -0.2) is 4.98 Å². The third kappa shape index (κ3) is 4.95. The summed E-state index contributed by atoms with van der Waals surface area (Å²) in [6, 6.07) is 9.67. The second kappa shape index (κ2) is 7.47. The molecule has 0 atom stereocenters. The maximum Gasteiger partial charge on any atom is 0.224 e. The lowest BCUT2D eigenvalue weighted by atomic mass is 10.3. The van der Waals surface area contributed by atoms with Crippen LogP contribution in [0.2, 0.25) is 0 Å². The van der Waals surface area contributed by atoms with Gasteiger partial charge < -0.3 is 15.4 Å². The molecule has 0 aliphatic rings. The lowest BCUT2D eigenvalue weighted by molar-refractivity contribution is 0.242. The third-order valence-corrected chi connectivity index (χ3v) is 2.69. The van der Waals surface area contributed by atoms with E-state index in [0.29, 0.717) is 5.95 Å². The molecule has 2 rings (SSSR count). The molecule has 0 aliphatic heterocycles. The van der Waals surface area contributed by atoms with Crippen molar-refractivity contribution in [1.29, 1.82) is 0 Å². The molecule has 1 aromatic carbocycles. The molecule has 21 heavy (non-hydrogen) atoms. The Bertz CT molecular complexity index is 554. The summed E-state index contributed by atoms with van der Waals surface area (Å²) < 4.78 is 5.62. The number of hydrogen-bond acceptors (Lipinski definition) is 5. The van der Waals surface area contributed by atoms with Gasteiger partial charge in [0.15, 0.2) is 0 Å². The number of ether oxygens (including phenoxy) is 1. The maximum atomic E-state index is 5.62. The Morgan fingerprint density at radius 3 is 2.57 bits per heavy atom. The van der Waals surface area contributed by atoms with Crippen molar-refractivity contribution in [2.45, 2.75) is 33.3 Å². The summed E-state index contributed by atoms with van der Waals surface area (Å²) >= 11 is 0. The highest BCUT2D eigenvalue weighted by Crippen LogP contribution is 2.20. The van der Waals surface area contributed by atoms with E-state index >= 15 is 0 Å².